The molecule has 0 aliphatic heterocycles. The highest BCUT2D eigenvalue weighted by Crippen LogP contribution is 2.23. The van der Waals surface area contributed by atoms with Crippen LogP contribution in [-0.4, -0.2) is 12.5 Å². The van der Waals surface area contributed by atoms with Crippen LogP contribution in [0, 0.1) is 0 Å². The third-order valence-electron chi connectivity index (χ3n) is 4.73. The summed E-state index contributed by atoms with van der Waals surface area (Å²) in [7, 11) is 0. The van der Waals surface area contributed by atoms with Crippen LogP contribution in [-0.2, 0) is 6.61 Å². The molecular formula is C26H29NO3. The van der Waals surface area contributed by atoms with Crippen molar-refractivity contribution in [1.82, 2.24) is 0 Å². The molecule has 0 heterocycles. The van der Waals surface area contributed by atoms with Gasteiger partial charge < -0.3 is 14.8 Å². The number of anilines is 1. The van der Waals surface area contributed by atoms with Crippen molar-refractivity contribution in [2.75, 3.05) is 11.9 Å². The van der Waals surface area contributed by atoms with Gasteiger partial charge in [-0.2, -0.15) is 0 Å². The Morgan fingerprint density at radius 1 is 0.833 bits per heavy atom. The number of nitrogens with one attached hydrogen (secondary N) is 1. The standard InChI is InChI=1S/C26H29NO3/c1-2-3-4-10-18-29-23-15-11-14-22(19-23)27-26(28)24-16-8-9-17-25(24)30-20-21-12-6-5-7-13-21/h5-9,11-17,19H,2-4,10,18,20H2,1H3,(H,27,28). The van der Waals surface area contributed by atoms with Crippen molar-refractivity contribution in [3.8, 4) is 11.5 Å². The summed E-state index contributed by atoms with van der Waals surface area (Å²) in [6.45, 7) is 3.29. The van der Waals surface area contributed by atoms with Crippen LogP contribution in [0.2, 0.25) is 0 Å². The van der Waals surface area contributed by atoms with E-state index in [9.17, 15) is 4.79 Å². The summed E-state index contributed by atoms with van der Waals surface area (Å²) in [5, 5.41) is 2.95. The van der Waals surface area contributed by atoms with E-state index in [1.807, 2.05) is 72.8 Å². The highest BCUT2D eigenvalue weighted by Gasteiger charge is 2.13. The molecule has 0 fully saturated rings. The maximum atomic E-state index is 12.9. The van der Waals surface area contributed by atoms with Gasteiger partial charge >= 0.3 is 0 Å². The minimum absolute atomic E-state index is 0.209. The smallest absolute Gasteiger partial charge is 0.259 e. The zero-order valence-corrected chi connectivity index (χ0v) is 17.5. The minimum Gasteiger partial charge on any atom is -0.494 e. The van der Waals surface area contributed by atoms with Crippen molar-refractivity contribution >= 4 is 11.6 Å². The number of hydrogen-bond donors (Lipinski definition) is 1. The Morgan fingerprint density at radius 2 is 1.63 bits per heavy atom. The van der Waals surface area contributed by atoms with Crippen molar-refractivity contribution < 1.29 is 14.3 Å². The van der Waals surface area contributed by atoms with E-state index in [0.717, 1.165) is 17.7 Å². The lowest BCUT2D eigenvalue weighted by atomic mass is 10.1. The number of hydrogen-bond acceptors (Lipinski definition) is 3. The first-order chi connectivity index (χ1) is 14.8. The molecule has 0 aliphatic rings. The van der Waals surface area contributed by atoms with Gasteiger partial charge in [0, 0.05) is 11.8 Å². The average molecular weight is 404 g/mol. The van der Waals surface area contributed by atoms with Crippen LogP contribution in [0.3, 0.4) is 0 Å². The molecule has 30 heavy (non-hydrogen) atoms. The lowest BCUT2D eigenvalue weighted by Crippen LogP contribution is -2.13. The molecule has 0 saturated heterocycles. The van der Waals surface area contributed by atoms with Crippen molar-refractivity contribution in [2.45, 2.75) is 39.2 Å². The van der Waals surface area contributed by atoms with E-state index < -0.39 is 0 Å². The van der Waals surface area contributed by atoms with E-state index in [0.29, 0.717) is 30.2 Å². The predicted molar refractivity (Wildman–Crippen MR) is 121 cm³/mol. The van der Waals surface area contributed by atoms with Crippen molar-refractivity contribution in [1.29, 1.82) is 0 Å². The fourth-order valence-corrected chi connectivity index (χ4v) is 3.10. The number of unbranched alkanes of at least 4 members (excludes halogenated alkanes) is 3. The molecule has 0 unspecified atom stereocenters. The molecule has 4 heteroatoms. The molecule has 1 amide bonds. The first kappa shape index (κ1) is 21.4. The summed E-state index contributed by atoms with van der Waals surface area (Å²) >= 11 is 0. The van der Waals surface area contributed by atoms with Crippen LogP contribution in [0.4, 0.5) is 5.69 Å². The van der Waals surface area contributed by atoms with E-state index >= 15 is 0 Å². The number of carbonyl (C=O) groups is 1. The molecule has 3 rings (SSSR count). The summed E-state index contributed by atoms with van der Waals surface area (Å²) < 4.78 is 11.7. The van der Waals surface area contributed by atoms with Crippen molar-refractivity contribution in [2.24, 2.45) is 0 Å². The van der Waals surface area contributed by atoms with Gasteiger partial charge in [-0.05, 0) is 36.2 Å². The second kappa shape index (κ2) is 11.7. The van der Waals surface area contributed by atoms with E-state index in [-0.39, 0.29) is 5.91 Å². The topological polar surface area (TPSA) is 47.6 Å². The van der Waals surface area contributed by atoms with Crippen molar-refractivity contribution in [3.05, 3.63) is 90.0 Å². The van der Waals surface area contributed by atoms with Crippen LogP contribution in [0.15, 0.2) is 78.9 Å². The number of ether oxygens (including phenoxy) is 2. The van der Waals surface area contributed by atoms with E-state index in [1.165, 1.54) is 19.3 Å². The molecule has 0 radical (unpaired) electrons. The Balaban J connectivity index is 1.60. The summed E-state index contributed by atoms with van der Waals surface area (Å²) in [6.07, 6.45) is 4.65. The fourth-order valence-electron chi connectivity index (χ4n) is 3.10. The van der Waals surface area contributed by atoms with Crippen molar-refractivity contribution in [3.63, 3.8) is 0 Å². The lowest BCUT2D eigenvalue weighted by Gasteiger charge is -2.13. The molecule has 0 atom stereocenters. The highest BCUT2D eigenvalue weighted by molar-refractivity contribution is 6.06. The average Bonchev–Trinajstić information content (AvgIpc) is 2.79. The summed E-state index contributed by atoms with van der Waals surface area (Å²) in [5.41, 5.74) is 2.25. The van der Waals surface area contributed by atoms with Crippen LogP contribution in [0.1, 0.15) is 48.5 Å². The third kappa shape index (κ3) is 6.66. The second-order valence-electron chi connectivity index (χ2n) is 7.16. The molecule has 4 nitrogen and oxygen atoms in total. The Morgan fingerprint density at radius 3 is 2.47 bits per heavy atom. The number of rotatable bonds is 11. The first-order valence-corrected chi connectivity index (χ1v) is 10.6. The number of para-hydroxylation sites is 1. The molecule has 1 N–H and O–H groups in total. The maximum Gasteiger partial charge on any atom is 0.259 e. The quantitative estimate of drug-likeness (QED) is 0.373. The molecule has 0 aliphatic carbocycles. The third-order valence-corrected chi connectivity index (χ3v) is 4.73. The number of amides is 1. The minimum atomic E-state index is -0.209. The molecule has 0 saturated carbocycles. The predicted octanol–water partition coefficient (Wildman–Crippen LogP) is 6.48. The monoisotopic (exact) mass is 403 g/mol. The number of carbonyl (C=O) groups excluding carboxylic acids is 1. The number of benzene rings is 3. The van der Waals surface area contributed by atoms with E-state index in [1.54, 1.807) is 6.07 Å². The van der Waals surface area contributed by atoms with Crippen LogP contribution in [0.5, 0.6) is 11.5 Å². The van der Waals surface area contributed by atoms with Gasteiger partial charge in [-0.25, -0.2) is 0 Å². The zero-order valence-electron chi connectivity index (χ0n) is 17.5. The SMILES string of the molecule is CCCCCCOc1cccc(NC(=O)c2ccccc2OCc2ccccc2)c1. The molecule has 0 spiro atoms. The zero-order chi connectivity index (χ0) is 21.0. The van der Waals surface area contributed by atoms with E-state index in [2.05, 4.69) is 12.2 Å². The van der Waals surface area contributed by atoms with Gasteiger partial charge in [-0.3, -0.25) is 4.79 Å². The van der Waals surface area contributed by atoms with Gasteiger partial charge in [0.25, 0.3) is 5.91 Å². The normalized spacial score (nSPS) is 10.4. The fraction of sp³-hybridized carbons (Fsp3) is 0.269. The Hall–Kier alpha value is -3.27. The van der Waals surface area contributed by atoms with Crippen LogP contribution < -0.4 is 14.8 Å². The van der Waals surface area contributed by atoms with Gasteiger partial charge in [0.15, 0.2) is 0 Å². The molecule has 3 aromatic carbocycles. The van der Waals surface area contributed by atoms with Crippen LogP contribution in [0.25, 0.3) is 0 Å². The Kier molecular flexibility index (Phi) is 8.34. The van der Waals surface area contributed by atoms with Gasteiger partial charge in [0.1, 0.15) is 18.1 Å². The second-order valence-corrected chi connectivity index (χ2v) is 7.16. The Bertz CT molecular complexity index is 924. The highest BCUT2D eigenvalue weighted by atomic mass is 16.5. The van der Waals surface area contributed by atoms with Gasteiger partial charge in [0.05, 0.1) is 12.2 Å². The van der Waals surface area contributed by atoms with Gasteiger partial charge in [0.2, 0.25) is 0 Å². The first-order valence-electron chi connectivity index (χ1n) is 10.6. The molecule has 0 bridgehead atoms. The summed E-state index contributed by atoms with van der Waals surface area (Å²) in [5.74, 6) is 1.11. The lowest BCUT2D eigenvalue weighted by molar-refractivity contribution is 0.102. The van der Waals surface area contributed by atoms with Gasteiger partial charge in [-0.15, -0.1) is 0 Å². The molecule has 156 valence electrons. The largest absolute Gasteiger partial charge is 0.494 e. The van der Waals surface area contributed by atoms with Crippen LogP contribution >= 0.6 is 0 Å². The van der Waals surface area contributed by atoms with Gasteiger partial charge in [-0.1, -0.05) is 74.7 Å². The molecular weight excluding hydrogens is 374 g/mol. The van der Waals surface area contributed by atoms with E-state index in [4.69, 9.17) is 9.47 Å². The maximum absolute atomic E-state index is 12.9. The molecule has 3 aromatic rings. The summed E-state index contributed by atoms with van der Waals surface area (Å²) in [4.78, 5) is 12.9. The summed E-state index contributed by atoms with van der Waals surface area (Å²) in [6, 6.07) is 24.7. The molecule has 0 aromatic heterocycles. The Labute approximate surface area is 178 Å².